The van der Waals surface area contributed by atoms with E-state index in [1.807, 2.05) is 6.92 Å². The van der Waals surface area contributed by atoms with Gasteiger partial charge in [0.15, 0.2) is 4.34 Å². The molecule has 6 heteroatoms. The third kappa shape index (κ3) is 3.22. The Hall–Kier alpha value is -0.640. The van der Waals surface area contributed by atoms with E-state index in [-0.39, 0.29) is 5.54 Å². The smallest absolute Gasteiger partial charge is 0.174 e. The fourth-order valence-electron chi connectivity index (χ4n) is 2.39. The van der Waals surface area contributed by atoms with Gasteiger partial charge >= 0.3 is 0 Å². The third-order valence-electron chi connectivity index (χ3n) is 3.02. The van der Waals surface area contributed by atoms with E-state index in [1.165, 1.54) is 0 Å². The average Bonchev–Trinajstić information content (AvgIpc) is 2.87. The Morgan fingerprint density at radius 1 is 1.56 bits per heavy atom. The highest BCUT2D eigenvalue weighted by molar-refractivity contribution is 8.01. The van der Waals surface area contributed by atoms with Crippen LogP contribution < -0.4 is 5.32 Å². The summed E-state index contributed by atoms with van der Waals surface area (Å²) in [7, 11) is 0. The number of aryl methyl sites for hydroxylation is 1. The van der Waals surface area contributed by atoms with E-state index in [2.05, 4.69) is 35.4 Å². The van der Waals surface area contributed by atoms with Crippen molar-refractivity contribution in [3.05, 3.63) is 5.01 Å². The monoisotopic (exact) mass is 282 g/mol. The van der Waals surface area contributed by atoms with Crippen molar-refractivity contribution < 1.29 is 0 Å². The van der Waals surface area contributed by atoms with Crippen molar-refractivity contribution in [1.29, 1.82) is 5.26 Å². The van der Waals surface area contributed by atoms with Gasteiger partial charge in [0, 0.05) is 11.3 Å². The highest BCUT2D eigenvalue weighted by Crippen LogP contribution is 2.40. The zero-order valence-electron chi connectivity index (χ0n) is 10.9. The lowest BCUT2D eigenvalue weighted by Gasteiger charge is -2.25. The van der Waals surface area contributed by atoms with Crippen LogP contribution in [0.1, 0.15) is 38.1 Å². The van der Waals surface area contributed by atoms with Gasteiger partial charge in [0.1, 0.15) is 10.5 Å². The highest BCUT2D eigenvalue weighted by Gasteiger charge is 2.40. The maximum atomic E-state index is 9.41. The summed E-state index contributed by atoms with van der Waals surface area (Å²) in [5.74, 6) is 0. The van der Waals surface area contributed by atoms with Crippen molar-refractivity contribution in [3.8, 4) is 6.07 Å². The van der Waals surface area contributed by atoms with Crippen molar-refractivity contribution in [2.75, 3.05) is 0 Å². The van der Waals surface area contributed by atoms with Gasteiger partial charge in [0.05, 0.1) is 6.07 Å². The second kappa shape index (κ2) is 5.55. The Morgan fingerprint density at radius 2 is 2.33 bits per heavy atom. The van der Waals surface area contributed by atoms with Gasteiger partial charge in [-0.1, -0.05) is 23.1 Å². The van der Waals surface area contributed by atoms with Crippen LogP contribution in [0.5, 0.6) is 0 Å². The minimum absolute atomic E-state index is 0.342. The molecule has 1 heterocycles. The summed E-state index contributed by atoms with van der Waals surface area (Å²) < 4.78 is 1.02. The largest absolute Gasteiger partial charge is 0.297 e. The van der Waals surface area contributed by atoms with Gasteiger partial charge in [-0.3, -0.25) is 5.32 Å². The van der Waals surface area contributed by atoms with E-state index >= 15 is 0 Å². The summed E-state index contributed by atoms with van der Waals surface area (Å²) in [6.45, 7) is 6.15. The lowest BCUT2D eigenvalue weighted by atomic mass is 9.99. The van der Waals surface area contributed by atoms with Crippen LogP contribution in [-0.4, -0.2) is 27.0 Å². The minimum atomic E-state index is -0.342. The number of nitriles is 1. The quantitative estimate of drug-likeness (QED) is 0.920. The molecule has 1 aliphatic carbocycles. The van der Waals surface area contributed by atoms with Gasteiger partial charge in [-0.15, -0.1) is 10.2 Å². The van der Waals surface area contributed by atoms with Crippen LogP contribution in [0.25, 0.3) is 0 Å². The highest BCUT2D eigenvalue weighted by atomic mass is 32.2. The Balaban J connectivity index is 1.97. The van der Waals surface area contributed by atoms with Crippen molar-refractivity contribution in [3.63, 3.8) is 0 Å². The molecule has 1 fully saturated rings. The first-order chi connectivity index (χ1) is 8.53. The molecule has 0 saturated heterocycles. The predicted molar refractivity (Wildman–Crippen MR) is 74.8 cm³/mol. The fourth-order valence-corrected chi connectivity index (χ4v) is 4.74. The maximum Gasteiger partial charge on any atom is 0.174 e. The van der Waals surface area contributed by atoms with Crippen LogP contribution in [-0.2, 0) is 0 Å². The van der Waals surface area contributed by atoms with Crippen LogP contribution in [0.3, 0.4) is 0 Å². The lowest BCUT2D eigenvalue weighted by molar-refractivity contribution is 0.386. The number of nitrogens with zero attached hydrogens (tertiary/aromatic N) is 3. The molecule has 0 aliphatic heterocycles. The summed E-state index contributed by atoms with van der Waals surface area (Å²) in [5.41, 5.74) is -0.342. The van der Waals surface area contributed by atoms with E-state index in [0.29, 0.717) is 11.3 Å². The number of hydrogen-bond acceptors (Lipinski definition) is 6. The number of hydrogen-bond donors (Lipinski definition) is 1. The van der Waals surface area contributed by atoms with Crippen molar-refractivity contribution in [2.45, 2.75) is 61.2 Å². The Labute approximate surface area is 116 Å². The first-order valence-corrected chi connectivity index (χ1v) is 7.88. The second-order valence-electron chi connectivity index (χ2n) is 5.06. The van der Waals surface area contributed by atoms with Crippen molar-refractivity contribution >= 4 is 23.1 Å². The second-order valence-corrected chi connectivity index (χ2v) is 7.79. The molecule has 0 bridgehead atoms. The van der Waals surface area contributed by atoms with E-state index in [1.54, 1.807) is 23.1 Å². The molecular formula is C12H18N4S2. The molecule has 1 aromatic heterocycles. The molecule has 2 unspecified atom stereocenters. The van der Waals surface area contributed by atoms with Gasteiger partial charge < -0.3 is 0 Å². The number of thioether (sulfide) groups is 1. The molecule has 1 aromatic rings. The van der Waals surface area contributed by atoms with E-state index in [0.717, 1.165) is 28.6 Å². The zero-order chi connectivity index (χ0) is 13.2. The average molecular weight is 282 g/mol. The molecule has 0 radical (unpaired) electrons. The molecule has 0 spiro atoms. The van der Waals surface area contributed by atoms with E-state index in [9.17, 15) is 5.26 Å². The summed E-state index contributed by atoms with van der Waals surface area (Å²) in [6.07, 6.45) is 2.89. The third-order valence-corrected chi connectivity index (χ3v) is 5.21. The standard InChI is InChI=1S/C12H18N4S2/c1-8(2)14-12(7-13)5-4-10(6-12)18-11-16-15-9(3)17-11/h8,10,14H,4-6H2,1-3H3. The molecule has 0 aromatic carbocycles. The van der Waals surface area contributed by atoms with Gasteiger partial charge in [-0.25, -0.2) is 0 Å². The van der Waals surface area contributed by atoms with Crippen LogP contribution >= 0.6 is 23.1 Å². The predicted octanol–water partition coefficient (Wildman–Crippen LogP) is 2.75. The zero-order valence-corrected chi connectivity index (χ0v) is 12.6. The van der Waals surface area contributed by atoms with Crippen molar-refractivity contribution in [1.82, 2.24) is 15.5 Å². The van der Waals surface area contributed by atoms with Gasteiger partial charge in [0.2, 0.25) is 0 Å². The van der Waals surface area contributed by atoms with Crippen molar-refractivity contribution in [2.24, 2.45) is 0 Å². The topological polar surface area (TPSA) is 61.6 Å². The fraction of sp³-hybridized carbons (Fsp3) is 0.750. The normalized spacial score (nSPS) is 27.6. The number of aromatic nitrogens is 2. The van der Waals surface area contributed by atoms with Crippen LogP contribution in [0.2, 0.25) is 0 Å². The van der Waals surface area contributed by atoms with Crippen LogP contribution in [0.15, 0.2) is 4.34 Å². The molecule has 1 N–H and O–H groups in total. The number of nitrogens with one attached hydrogen (secondary N) is 1. The minimum Gasteiger partial charge on any atom is -0.297 e. The number of rotatable bonds is 4. The SMILES string of the molecule is Cc1nnc(SC2CCC(C#N)(NC(C)C)C2)s1. The molecule has 2 atom stereocenters. The summed E-state index contributed by atoms with van der Waals surface area (Å²) in [4.78, 5) is 0. The Morgan fingerprint density at radius 3 is 2.89 bits per heavy atom. The Bertz CT molecular complexity index is 451. The van der Waals surface area contributed by atoms with Crippen LogP contribution in [0, 0.1) is 18.3 Å². The molecule has 1 aliphatic rings. The Kier molecular flexibility index (Phi) is 4.25. The van der Waals surface area contributed by atoms with E-state index in [4.69, 9.17) is 0 Å². The summed E-state index contributed by atoms with van der Waals surface area (Å²) in [5, 5.41) is 22.5. The van der Waals surface area contributed by atoms with E-state index < -0.39 is 0 Å². The molecule has 1 saturated carbocycles. The maximum absolute atomic E-state index is 9.41. The molecule has 0 amide bonds. The van der Waals surface area contributed by atoms with Gasteiger partial charge in [0.25, 0.3) is 0 Å². The molecular weight excluding hydrogens is 264 g/mol. The lowest BCUT2D eigenvalue weighted by Crippen LogP contribution is -2.45. The first kappa shape index (κ1) is 13.8. The molecule has 4 nitrogen and oxygen atoms in total. The molecule has 98 valence electrons. The molecule has 18 heavy (non-hydrogen) atoms. The summed E-state index contributed by atoms with van der Waals surface area (Å²) in [6, 6.07) is 2.82. The molecule has 2 rings (SSSR count). The first-order valence-electron chi connectivity index (χ1n) is 6.19. The van der Waals surface area contributed by atoms with Gasteiger partial charge in [-0.05, 0) is 40.0 Å². The summed E-state index contributed by atoms with van der Waals surface area (Å²) >= 11 is 3.40. The van der Waals surface area contributed by atoms with Gasteiger partial charge in [-0.2, -0.15) is 5.26 Å². The van der Waals surface area contributed by atoms with Crippen LogP contribution in [0.4, 0.5) is 0 Å².